The van der Waals surface area contributed by atoms with Gasteiger partial charge in [0.25, 0.3) is 11.6 Å². The Bertz CT molecular complexity index is 1350. The Labute approximate surface area is 228 Å². The summed E-state index contributed by atoms with van der Waals surface area (Å²) in [7, 11) is 0. The highest BCUT2D eigenvalue weighted by atomic mass is 32.2. The minimum Gasteiger partial charge on any atom is -0.459 e. The Morgan fingerprint density at radius 1 is 1.05 bits per heavy atom. The molecule has 0 spiro atoms. The molecule has 0 N–H and O–H groups in total. The smallest absolute Gasteiger partial charge is 0.330 e. The number of nitroso groups, excluding NO2 is 1. The number of nitro groups is 1. The van der Waals surface area contributed by atoms with Crippen molar-refractivity contribution in [1.29, 1.82) is 0 Å². The molecule has 3 aliphatic rings. The Hall–Kier alpha value is -4.00. The number of nitro benzene ring substituents is 1. The summed E-state index contributed by atoms with van der Waals surface area (Å²) in [5.74, 6) is -1.42. The van der Waals surface area contributed by atoms with Crippen LogP contribution in [0.25, 0.3) is 0 Å². The Kier molecular flexibility index (Phi) is 6.36. The van der Waals surface area contributed by atoms with Crippen LogP contribution in [-0.2, 0) is 25.7 Å². The topological polar surface area (TPSA) is 143 Å². The van der Waals surface area contributed by atoms with Gasteiger partial charge in [0.2, 0.25) is 5.91 Å². The first-order chi connectivity index (χ1) is 18.4. The van der Waals surface area contributed by atoms with Gasteiger partial charge < -0.3 is 14.5 Å². The molecule has 3 saturated heterocycles. The zero-order valence-electron chi connectivity index (χ0n) is 21.7. The highest BCUT2D eigenvalue weighted by Crippen LogP contribution is 2.55. The van der Waals surface area contributed by atoms with Crippen LogP contribution in [0.5, 0.6) is 0 Å². The third-order valence-corrected chi connectivity index (χ3v) is 9.07. The van der Waals surface area contributed by atoms with Crippen molar-refractivity contribution in [3.8, 4) is 0 Å². The van der Waals surface area contributed by atoms with E-state index in [9.17, 15) is 29.4 Å². The molecule has 0 bridgehead atoms. The summed E-state index contributed by atoms with van der Waals surface area (Å²) in [6.45, 7) is 6.90. The molecule has 0 radical (unpaired) electrons. The first-order valence-electron chi connectivity index (χ1n) is 12.3. The molecular formula is C26H27N5O7S. The van der Waals surface area contributed by atoms with E-state index in [2.05, 4.69) is 5.29 Å². The van der Waals surface area contributed by atoms with Crippen LogP contribution < -0.4 is 0 Å². The monoisotopic (exact) mass is 553 g/mol. The van der Waals surface area contributed by atoms with E-state index < -0.39 is 56.6 Å². The van der Waals surface area contributed by atoms with Gasteiger partial charge in [-0.1, -0.05) is 30.3 Å². The number of amides is 2. The summed E-state index contributed by atoms with van der Waals surface area (Å²) in [5.41, 5.74) is -0.103. The van der Waals surface area contributed by atoms with Crippen LogP contribution >= 0.6 is 11.8 Å². The minimum absolute atomic E-state index is 0.0734. The molecule has 204 valence electrons. The molecule has 2 unspecified atom stereocenters. The van der Waals surface area contributed by atoms with Gasteiger partial charge in [-0.15, -0.1) is 16.7 Å². The summed E-state index contributed by atoms with van der Waals surface area (Å²) >= 11 is 1.40. The standard InChI is InChI=1S/C26H27N5O7S/c1-25(2)20(24(34)38-14-15-10-12-17(13-11-15)31(36)37)28-21(32)19(23(28)39-25)29-22(33)18(16-8-6-5-7-9-16)30(27-35)26(29,3)4/h5-13,18-20,23H,14H2,1-4H3/t18?,19-,20?,23-/m1/s1. The number of ether oxygens (including phenoxy) is 1. The lowest BCUT2D eigenvalue weighted by Crippen LogP contribution is -2.73. The van der Waals surface area contributed by atoms with Crippen molar-refractivity contribution in [2.75, 3.05) is 0 Å². The van der Waals surface area contributed by atoms with Gasteiger partial charge >= 0.3 is 5.97 Å². The van der Waals surface area contributed by atoms with E-state index in [4.69, 9.17) is 4.74 Å². The molecule has 3 heterocycles. The molecule has 0 aliphatic carbocycles. The van der Waals surface area contributed by atoms with Crippen molar-refractivity contribution in [2.24, 2.45) is 5.29 Å². The predicted octanol–water partition coefficient (Wildman–Crippen LogP) is 3.37. The molecule has 2 amide bonds. The van der Waals surface area contributed by atoms with E-state index in [1.165, 1.54) is 50.8 Å². The van der Waals surface area contributed by atoms with Crippen LogP contribution in [0.2, 0.25) is 0 Å². The number of hydrogen-bond acceptors (Lipinski definition) is 9. The average Bonchev–Trinajstić information content (AvgIpc) is 3.27. The van der Waals surface area contributed by atoms with Crippen LogP contribution in [-0.4, -0.2) is 65.4 Å². The lowest BCUT2D eigenvalue weighted by Gasteiger charge is -2.50. The van der Waals surface area contributed by atoms with Crippen LogP contribution in [0.1, 0.15) is 44.9 Å². The summed E-state index contributed by atoms with van der Waals surface area (Å²) < 4.78 is 4.79. The Balaban J connectivity index is 1.36. The second-order valence-corrected chi connectivity index (χ2v) is 12.4. The fourth-order valence-electron chi connectivity index (χ4n) is 5.63. The van der Waals surface area contributed by atoms with Crippen molar-refractivity contribution < 1.29 is 24.0 Å². The normalized spacial score (nSPS) is 26.7. The number of carbonyl (C=O) groups is 3. The molecule has 2 aromatic carbocycles. The highest BCUT2D eigenvalue weighted by Gasteiger charge is 2.70. The van der Waals surface area contributed by atoms with E-state index in [0.29, 0.717) is 11.1 Å². The molecule has 39 heavy (non-hydrogen) atoms. The van der Waals surface area contributed by atoms with Crippen LogP contribution in [0.15, 0.2) is 59.9 Å². The second kappa shape index (κ2) is 9.33. The third-order valence-electron chi connectivity index (χ3n) is 7.51. The van der Waals surface area contributed by atoms with Crippen molar-refractivity contribution >= 4 is 35.2 Å². The van der Waals surface area contributed by atoms with Gasteiger partial charge in [0.05, 0.1) is 10.2 Å². The number of thioether (sulfide) groups is 1. The maximum atomic E-state index is 13.7. The number of rotatable bonds is 7. The summed E-state index contributed by atoms with van der Waals surface area (Å²) in [6.07, 6.45) is 0. The maximum absolute atomic E-state index is 13.7. The summed E-state index contributed by atoms with van der Waals surface area (Å²) in [5, 5.41) is 14.7. The van der Waals surface area contributed by atoms with Gasteiger partial charge in [-0.25, -0.2) is 9.80 Å². The number of hydrogen-bond donors (Lipinski definition) is 0. The Morgan fingerprint density at radius 3 is 2.28 bits per heavy atom. The van der Waals surface area contributed by atoms with Gasteiger partial charge in [-0.3, -0.25) is 19.7 Å². The van der Waals surface area contributed by atoms with E-state index >= 15 is 0 Å². The zero-order valence-corrected chi connectivity index (χ0v) is 22.5. The molecule has 3 aliphatic heterocycles. The average molecular weight is 554 g/mol. The van der Waals surface area contributed by atoms with Crippen molar-refractivity contribution in [2.45, 2.75) is 68.2 Å². The number of non-ortho nitro benzene ring substituents is 1. The number of fused-ring (bicyclic) bond motifs is 1. The van der Waals surface area contributed by atoms with E-state index in [0.717, 1.165) is 0 Å². The number of benzene rings is 2. The molecule has 3 fully saturated rings. The van der Waals surface area contributed by atoms with Crippen molar-refractivity contribution in [3.05, 3.63) is 80.7 Å². The third kappa shape index (κ3) is 4.11. The second-order valence-electron chi connectivity index (χ2n) is 10.7. The predicted molar refractivity (Wildman–Crippen MR) is 141 cm³/mol. The van der Waals surface area contributed by atoms with E-state index in [1.807, 2.05) is 13.8 Å². The molecule has 0 saturated carbocycles. The van der Waals surface area contributed by atoms with Crippen LogP contribution in [0.3, 0.4) is 0 Å². The summed E-state index contributed by atoms with van der Waals surface area (Å²) in [4.78, 5) is 65.7. The fraction of sp³-hybridized carbons (Fsp3) is 0.423. The molecule has 0 aromatic heterocycles. The van der Waals surface area contributed by atoms with Gasteiger partial charge in [-0.05, 0) is 51.0 Å². The van der Waals surface area contributed by atoms with Crippen molar-refractivity contribution in [3.63, 3.8) is 0 Å². The van der Waals surface area contributed by atoms with Crippen LogP contribution in [0, 0.1) is 15.0 Å². The maximum Gasteiger partial charge on any atom is 0.330 e. The van der Waals surface area contributed by atoms with Gasteiger partial charge in [0.15, 0.2) is 6.04 Å². The molecular weight excluding hydrogens is 526 g/mol. The molecule has 12 nitrogen and oxygen atoms in total. The lowest BCUT2D eigenvalue weighted by molar-refractivity contribution is -0.384. The number of carbonyl (C=O) groups excluding carboxylic acids is 3. The number of nitrogens with zero attached hydrogens (tertiary/aromatic N) is 5. The lowest BCUT2D eigenvalue weighted by atomic mass is 9.94. The zero-order chi connectivity index (χ0) is 28.3. The van der Waals surface area contributed by atoms with Crippen molar-refractivity contribution in [1.82, 2.24) is 14.8 Å². The van der Waals surface area contributed by atoms with Gasteiger partial charge in [-0.2, -0.15) is 0 Å². The van der Waals surface area contributed by atoms with Gasteiger partial charge in [0, 0.05) is 16.9 Å². The molecule has 4 atom stereocenters. The number of β-lactam (4-membered cyclic amide) rings is 1. The largest absolute Gasteiger partial charge is 0.459 e. The Morgan fingerprint density at radius 2 is 1.69 bits per heavy atom. The highest BCUT2D eigenvalue weighted by molar-refractivity contribution is 8.01. The van der Waals surface area contributed by atoms with E-state index in [1.54, 1.807) is 44.2 Å². The fourth-order valence-corrected chi connectivity index (χ4v) is 7.30. The minimum atomic E-state index is -1.19. The van der Waals surface area contributed by atoms with Crippen LogP contribution in [0.4, 0.5) is 5.69 Å². The van der Waals surface area contributed by atoms with E-state index in [-0.39, 0.29) is 12.3 Å². The first kappa shape index (κ1) is 26.6. The molecule has 5 rings (SSSR count). The molecule has 13 heteroatoms. The SMILES string of the molecule is CC1(C)S[C@@H]2[C@H](N3C(=O)C(c4ccccc4)N(N=O)C3(C)C)C(=O)N2C1C(=O)OCc1ccc([N+](=O)[O-])cc1. The molecule has 2 aromatic rings. The number of esters is 1. The summed E-state index contributed by atoms with van der Waals surface area (Å²) in [6, 6.07) is 11.7. The first-order valence-corrected chi connectivity index (χ1v) is 13.2. The van der Waals surface area contributed by atoms with Gasteiger partial charge in [0.1, 0.15) is 29.7 Å². The quantitative estimate of drug-likeness (QED) is 0.166.